The fourth-order valence-corrected chi connectivity index (χ4v) is 5.75. The van der Waals surface area contributed by atoms with Crippen LogP contribution in [0.3, 0.4) is 0 Å². The highest BCUT2D eigenvalue weighted by Gasteiger charge is 2.29. The van der Waals surface area contributed by atoms with Gasteiger partial charge in [-0.1, -0.05) is 77.9 Å². The Labute approximate surface area is 191 Å². The lowest BCUT2D eigenvalue weighted by molar-refractivity contribution is -0.121. The molecule has 3 aromatic carbocycles. The van der Waals surface area contributed by atoms with E-state index in [-0.39, 0.29) is 23.9 Å². The maximum atomic E-state index is 13.7. The van der Waals surface area contributed by atoms with Crippen molar-refractivity contribution in [3.05, 3.63) is 100 Å². The molecule has 168 valence electrons. The molecule has 0 spiro atoms. The van der Waals surface area contributed by atoms with Gasteiger partial charge < -0.3 is 5.32 Å². The Morgan fingerprint density at radius 3 is 2.06 bits per heavy atom. The van der Waals surface area contributed by atoms with Gasteiger partial charge in [-0.15, -0.1) is 0 Å². The molecule has 0 aromatic heterocycles. The first-order valence-electron chi connectivity index (χ1n) is 10.6. The van der Waals surface area contributed by atoms with Crippen LogP contribution in [0.25, 0.3) is 0 Å². The zero-order valence-electron chi connectivity index (χ0n) is 19.1. The van der Waals surface area contributed by atoms with Gasteiger partial charge >= 0.3 is 0 Å². The molecular weight excluding hydrogens is 420 g/mol. The molecule has 0 saturated heterocycles. The molecule has 0 aliphatic heterocycles. The van der Waals surface area contributed by atoms with E-state index in [0.717, 1.165) is 22.3 Å². The van der Waals surface area contributed by atoms with Crippen LogP contribution in [-0.2, 0) is 27.9 Å². The molecule has 32 heavy (non-hydrogen) atoms. The number of benzene rings is 3. The average molecular weight is 451 g/mol. The second-order valence-corrected chi connectivity index (χ2v) is 10.1. The molecular formula is C26H30N2O3S. The molecule has 0 unspecified atom stereocenters. The van der Waals surface area contributed by atoms with Crippen molar-refractivity contribution in [2.24, 2.45) is 0 Å². The zero-order valence-corrected chi connectivity index (χ0v) is 19.9. The molecule has 3 aromatic rings. The number of nitrogens with zero attached hydrogens (tertiary/aromatic N) is 1. The number of hydrogen-bond donors (Lipinski definition) is 1. The van der Waals surface area contributed by atoms with E-state index in [2.05, 4.69) is 5.32 Å². The quantitative estimate of drug-likeness (QED) is 0.552. The predicted octanol–water partition coefficient (Wildman–Crippen LogP) is 4.43. The van der Waals surface area contributed by atoms with Crippen LogP contribution in [0.4, 0.5) is 0 Å². The summed E-state index contributed by atoms with van der Waals surface area (Å²) in [6, 6.07) is 20.9. The van der Waals surface area contributed by atoms with Crippen molar-refractivity contribution in [2.45, 2.75) is 45.7 Å². The van der Waals surface area contributed by atoms with E-state index in [1.54, 1.807) is 13.8 Å². The Kier molecular flexibility index (Phi) is 7.48. The van der Waals surface area contributed by atoms with Crippen LogP contribution in [0.5, 0.6) is 0 Å². The largest absolute Gasteiger partial charge is 0.351 e. The number of sulfonamides is 1. The molecule has 0 bridgehead atoms. The fourth-order valence-electron chi connectivity index (χ4n) is 3.95. The number of amides is 1. The zero-order chi connectivity index (χ0) is 23.3. The minimum atomic E-state index is -3.89. The van der Waals surface area contributed by atoms with E-state index in [9.17, 15) is 13.2 Å². The van der Waals surface area contributed by atoms with Crippen LogP contribution in [0, 0.1) is 27.7 Å². The summed E-state index contributed by atoms with van der Waals surface area (Å²) in [4.78, 5) is 13.1. The van der Waals surface area contributed by atoms with Crippen LogP contribution in [-0.4, -0.2) is 25.2 Å². The lowest BCUT2D eigenvalue weighted by Crippen LogP contribution is -2.40. The van der Waals surface area contributed by atoms with Gasteiger partial charge in [0.2, 0.25) is 15.9 Å². The lowest BCUT2D eigenvalue weighted by Gasteiger charge is -2.24. The summed E-state index contributed by atoms with van der Waals surface area (Å²) in [7, 11) is -3.89. The van der Waals surface area contributed by atoms with Gasteiger partial charge in [0, 0.05) is 13.1 Å². The van der Waals surface area contributed by atoms with Gasteiger partial charge in [0.05, 0.1) is 11.4 Å². The maximum absolute atomic E-state index is 13.7. The summed E-state index contributed by atoms with van der Waals surface area (Å²) in [6.45, 7) is 7.74. The third kappa shape index (κ3) is 5.84. The highest BCUT2D eigenvalue weighted by atomic mass is 32.2. The number of carbonyl (C=O) groups is 1. The molecule has 0 atom stereocenters. The topological polar surface area (TPSA) is 66.5 Å². The van der Waals surface area contributed by atoms with Crippen molar-refractivity contribution in [1.29, 1.82) is 0 Å². The fraction of sp³-hybridized carbons (Fsp3) is 0.269. The molecule has 0 heterocycles. The van der Waals surface area contributed by atoms with Crippen molar-refractivity contribution in [1.82, 2.24) is 9.62 Å². The number of hydrogen-bond acceptors (Lipinski definition) is 3. The van der Waals surface area contributed by atoms with Gasteiger partial charge in [-0.05, 0) is 49.9 Å². The van der Waals surface area contributed by atoms with Crippen molar-refractivity contribution < 1.29 is 13.2 Å². The lowest BCUT2D eigenvalue weighted by atomic mass is 10.1. The van der Waals surface area contributed by atoms with E-state index >= 15 is 0 Å². The number of nitrogens with one attached hydrogen (secondary N) is 1. The minimum Gasteiger partial charge on any atom is -0.351 e. The third-order valence-corrected chi connectivity index (χ3v) is 7.39. The number of aryl methyl sites for hydroxylation is 4. The Hall–Kier alpha value is -2.96. The van der Waals surface area contributed by atoms with Crippen LogP contribution in [0.2, 0.25) is 0 Å². The van der Waals surface area contributed by atoms with E-state index < -0.39 is 10.0 Å². The highest BCUT2D eigenvalue weighted by molar-refractivity contribution is 7.89. The van der Waals surface area contributed by atoms with E-state index in [1.807, 2.05) is 80.6 Å². The van der Waals surface area contributed by atoms with E-state index in [0.29, 0.717) is 17.7 Å². The monoisotopic (exact) mass is 450 g/mol. The van der Waals surface area contributed by atoms with Gasteiger partial charge in [-0.25, -0.2) is 8.42 Å². The molecule has 0 radical (unpaired) electrons. The second-order valence-electron chi connectivity index (χ2n) is 8.25. The van der Waals surface area contributed by atoms with Crippen LogP contribution >= 0.6 is 0 Å². The van der Waals surface area contributed by atoms with Crippen molar-refractivity contribution in [2.75, 3.05) is 6.54 Å². The molecule has 5 nitrogen and oxygen atoms in total. The second kappa shape index (κ2) is 10.1. The normalized spacial score (nSPS) is 11.5. The standard InChI is InChI=1S/C26H30N2O3S/c1-19-9-8-12-24(15-19)16-27-25(29)18-28(17-23-10-6-5-7-11-23)32(30,31)26-21(3)13-20(2)14-22(26)4/h5-15H,16-18H2,1-4H3,(H,27,29). The Balaban J connectivity index is 1.87. The third-order valence-electron chi connectivity index (χ3n) is 5.30. The van der Waals surface area contributed by atoms with E-state index in [1.165, 1.54) is 4.31 Å². The Morgan fingerprint density at radius 2 is 1.44 bits per heavy atom. The van der Waals surface area contributed by atoms with Crippen molar-refractivity contribution >= 4 is 15.9 Å². The van der Waals surface area contributed by atoms with Crippen molar-refractivity contribution in [3.63, 3.8) is 0 Å². The summed E-state index contributed by atoms with van der Waals surface area (Å²) >= 11 is 0. The van der Waals surface area contributed by atoms with Gasteiger partial charge in [0.15, 0.2) is 0 Å². The van der Waals surface area contributed by atoms with Gasteiger partial charge in [0.1, 0.15) is 0 Å². The van der Waals surface area contributed by atoms with E-state index in [4.69, 9.17) is 0 Å². The molecule has 0 saturated carbocycles. The molecule has 6 heteroatoms. The average Bonchev–Trinajstić information content (AvgIpc) is 2.71. The Morgan fingerprint density at radius 1 is 0.812 bits per heavy atom. The first kappa shape index (κ1) is 23.7. The van der Waals surface area contributed by atoms with Gasteiger partial charge in [0.25, 0.3) is 0 Å². The summed E-state index contributed by atoms with van der Waals surface area (Å²) in [5.74, 6) is -0.339. The molecule has 0 fully saturated rings. The maximum Gasteiger partial charge on any atom is 0.244 e. The summed E-state index contributed by atoms with van der Waals surface area (Å²) in [5.41, 5.74) is 5.27. The minimum absolute atomic E-state index is 0.119. The first-order valence-corrected chi connectivity index (χ1v) is 12.0. The van der Waals surface area contributed by atoms with Crippen LogP contribution in [0.15, 0.2) is 71.6 Å². The summed E-state index contributed by atoms with van der Waals surface area (Å²) in [6.07, 6.45) is 0. The molecule has 1 amide bonds. The smallest absolute Gasteiger partial charge is 0.244 e. The first-order chi connectivity index (χ1) is 15.2. The Bertz CT molecular complexity index is 1180. The van der Waals surface area contributed by atoms with Gasteiger partial charge in [-0.3, -0.25) is 4.79 Å². The summed E-state index contributed by atoms with van der Waals surface area (Å²) in [5, 5.41) is 2.86. The van der Waals surface area contributed by atoms with Gasteiger partial charge in [-0.2, -0.15) is 4.31 Å². The molecule has 0 aliphatic carbocycles. The molecule has 3 rings (SSSR count). The van der Waals surface area contributed by atoms with Crippen LogP contribution < -0.4 is 5.32 Å². The molecule has 1 N–H and O–H groups in total. The summed E-state index contributed by atoms with van der Waals surface area (Å²) < 4.78 is 28.6. The predicted molar refractivity (Wildman–Crippen MR) is 128 cm³/mol. The highest BCUT2D eigenvalue weighted by Crippen LogP contribution is 2.26. The SMILES string of the molecule is Cc1cccc(CNC(=O)CN(Cc2ccccc2)S(=O)(=O)c2c(C)cc(C)cc2C)c1. The molecule has 0 aliphatic rings. The van der Waals surface area contributed by atoms with Crippen LogP contribution in [0.1, 0.15) is 33.4 Å². The number of rotatable bonds is 8. The van der Waals surface area contributed by atoms with Crippen molar-refractivity contribution in [3.8, 4) is 0 Å². The number of carbonyl (C=O) groups excluding carboxylic acids is 1.